The largest absolute Gasteiger partial charge is 0.382 e. The second-order valence-electron chi connectivity index (χ2n) is 2.67. The fourth-order valence-corrected chi connectivity index (χ4v) is 1.61. The van der Waals surface area contributed by atoms with Crippen LogP contribution in [0.1, 0.15) is 0 Å². The summed E-state index contributed by atoms with van der Waals surface area (Å²) in [7, 11) is 1.88. The van der Waals surface area contributed by atoms with E-state index in [1.165, 1.54) is 0 Å². The zero-order chi connectivity index (χ0) is 8.72. The molecule has 0 aliphatic heterocycles. The van der Waals surface area contributed by atoms with Gasteiger partial charge in [-0.05, 0) is 18.2 Å². The highest BCUT2D eigenvalue weighted by molar-refractivity contribution is 9.10. The minimum Gasteiger partial charge on any atom is -0.382 e. The number of anilines is 1. The maximum absolute atomic E-state index is 5.68. The number of fused-ring (bicyclic) bond motifs is 1. The Kier molecular flexibility index (Phi) is 1.58. The molecule has 0 unspecified atom stereocenters. The van der Waals surface area contributed by atoms with Gasteiger partial charge < -0.3 is 5.73 Å². The summed E-state index contributed by atoms with van der Waals surface area (Å²) in [4.78, 5) is 0. The third-order valence-corrected chi connectivity index (χ3v) is 2.34. The average molecular weight is 226 g/mol. The van der Waals surface area contributed by atoms with Crippen molar-refractivity contribution in [3.05, 3.63) is 22.7 Å². The minimum absolute atomic E-state index is 0.583. The highest BCUT2D eigenvalue weighted by Gasteiger charge is 2.04. The Bertz CT molecular complexity index is 433. The van der Waals surface area contributed by atoms with Crippen molar-refractivity contribution < 1.29 is 0 Å². The number of hydrogen-bond acceptors (Lipinski definition) is 2. The summed E-state index contributed by atoms with van der Waals surface area (Å²) in [5.74, 6) is 0.583. The van der Waals surface area contributed by atoms with E-state index in [2.05, 4.69) is 21.0 Å². The third-order valence-electron chi connectivity index (χ3n) is 1.84. The highest BCUT2D eigenvalue weighted by atomic mass is 79.9. The molecule has 2 aromatic rings. The van der Waals surface area contributed by atoms with Crippen LogP contribution in [-0.2, 0) is 7.05 Å². The fraction of sp³-hybridized carbons (Fsp3) is 0.125. The Labute approximate surface area is 78.3 Å². The molecule has 0 saturated carbocycles. The van der Waals surface area contributed by atoms with Crippen molar-refractivity contribution >= 4 is 32.7 Å². The zero-order valence-electron chi connectivity index (χ0n) is 6.58. The second-order valence-corrected chi connectivity index (χ2v) is 3.59. The van der Waals surface area contributed by atoms with Gasteiger partial charge in [0.15, 0.2) is 5.82 Å². The highest BCUT2D eigenvalue weighted by Crippen LogP contribution is 2.23. The van der Waals surface area contributed by atoms with E-state index in [1.54, 1.807) is 4.68 Å². The van der Waals surface area contributed by atoms with Crippen LogP contribution in [0.4, 0.5) is 5.82 Å². The topological polar surface area (TPSA) is 43.8 Å². The molecular weight excluding hydrogens is 218 g/mol. The lowest BCUT2D eigenvalue weighted by atomic mass is 10.2. The maximum Gasteiger partial charge on any atom is 0.153 e. The molecule has 62 valence electrons. The van der Waals surface area contributed by atoms with Crippen LogP contribution in [-0.4, -0.2) is 9.78 Å². The molecule has 0 aliphatic rings. The molecule has 0 spiro atoms. The summed E-state index contributed by atoms with van der Waals surface area (Å²) in [5, 5.41) is 5.11. The summed E-state index contributed by atoms with van der Waals surface area (Å²) in [6.45, 7) is 0. The molecule has 0 atom stereocenters. The predicted molar refractivity (Wildman–Crippen MR) is 52.8 cm³/mol. The van der Waals surface area contributed by atoms with Crippen molar-refractivity contribution in [2.75, 3.05) is 5.73 Å². The van der Waals surface area contributed by atoms with Gasteiger partial charge in [0.25, 0.3) is 0 Å². The molecule has 1 aromatic carbocycles. The van der Waals surface area contributed by atoms with Gasteiger partial charge in [-0.25, -0.2) is 0 Å². The molecule has 2 N–H and O–H groups in total. The lowest BCUT2D eigenvalue weighted by Crippen LogP contribution is -1.91. The molecule has 12 heavy (non-hydrogen) atoms. The Morgan fingerprint density at radius 1 is 1.50 bits per heavy atom. The minimum atomic E-state index is 0.583. The summed E-state index contributed by atoms with van der Waals surface area (Å²) >= 11 is 3.39. The van der Waals surface area contributed by atoms with E-state index in [4.69, 9.17) is 5.73 Å². The molecule has 1 heterocycles. The lowest BCUT2D eigenvalue weighted by Gasteiger charge is -1.93. The van der Waals surface area contributed by atoms with Crippen molar-refractivity contribution in [1.82, 2.24) is 9.78 Å². The first-order chi connectivity index (χ1) is 5.68. The Morgan fingerprint density at radius 3 is 3.00 bits per heavy atom. The molecule has 0 aliphatic carbocycles. The molecule has 0 fully saturated rings. The number of aromatic nitrogens is 2. The van der Waals surface area contributed by atoms with Crippen LogP contribution >= 0.6 is 15.9 Å². The molecule has 0 saturated heterocycles. The summed E-state index contributed by atoms with van der Waals surface area (Å²) in [6, 6.07) is 5.92. The van der Waals surface area contributed by atoms with Gasteiger partial charge in [0.05, 0.1) is 5.52 Å². The van der Waals surface area contributed by atoms with Crippen molar-refractivity contribution in [2.24, 2.45) is 7.05 Å². The molecule has 4 heteroatoms. The number of halogens is 1. The second kappa shape index (κ2) is 2.48. The van der Waals surface area contributed by atoms with E-state index in [0.29, 0.717) is 5.82 Å². The van der Waals surface area contributed by atoms with E-state index in [1.807, 2.05) is 25.2 Å². The maximum atomic E-state index is 5.68. The van der Waals surface area contributed by atoms with Crippen molar-refractivity contribution in [2.45, 2.75) is 0 Å². The van der Waals surface area contributed by atoms with Crippen LogP contribution in [0.15, 0.2) is 22.7 Å². The van der Waals surface area contributed by atoms with Crippen LogP contribution in [0.25, 0.3) is 10.9 Å². The van der Waals surface area contributed by atoms with E-state index < -0.39 is 0 Å². The fourth-order valence-electron chi connectivity index (χ4n) is 1.26. The summed E-state index contributed by atoms with van der Waals surface area (Å²) < 4.78 is 2.81. The van der Waals surface area contributed by atoms with E-state index in [0.717, 1.165) is 15.4 Å². The van der Waals surface area contributed by atoms with Gasteiger partial charge in [-0.1, -0.05) is 15.9 Å². The number of aryl methyl sites for hydroxylation is 1. The first kappa shape index (κ1) is 7.61. The Morgan fingerprint density at radius 2 is 2.25 bits per heavy atom. The summed E-state index contributed by atoms with van der Waals surface area (Å²) in [5.41, 5.74) is 6.72. The number of nitrogens with two attached hydrogens (primary N) is 1. The molecule has 0 radical (unpaired) electrons. The van der Waals surface area contributed by atoms with Gasteiger partial charge in [-0.15, -0.1) is 0 Å². The van der Waals surface area contributed by atoms with E-state index in [-0.39, 0.29) is 0 Å². The SMILES string of the molecule is Cn1nc(N)c2ccc(Br)cc21. The van der Waals surface area contributed by atoms with Gasteiger partial charge >= 0.3 is 0 Å². The predicted octanol–water partition coefficient (Wildman–Crippen LogP) is 1.92. The quantitative estimate of drug-likeness (QED) is 0.745. The van der Waals surface area contributed by atoms with Crippen molar-refractivity contribution in [3.63, 3.8) is 0 Å². The molecule has 3 nitrogen and oxygen atoms in total. The number of hydrogen-bond donors (Lipinski definition) is 1. The average Bonchev–Trinajstić information content (AvgIpc) is 2.28. The van der Waals surface area contributed by atoms with Gasteiger partial charge in [0.2, 0.25) is 0 Å². The summed E-state index contributed by atoms with van der Waals surface area (Å²) in [6.07, 6.45) is 0. The first-order valence-corrected chi connectivity index (χ1v) is 4.35. The van der Waals surface area contributed by atoms with Gasteiger partial charge in [-0.3, -0.25) is 4.68 Å². The zero-order valence-corrected chi connectivity index (χ0v) is 8.17. The van der Waals surface area contributed by atoms with E-state index >= 15 is 0 Å². The van der Waals surface area contributed by atoms with Crippen molar-refractivity contribution in [1.29, 1.82) is 0 Å². The van der Waals surface area contributed by atoms with Crippen LogP contribution in [0, 0.1) is 0 Å². The normalized spacial score (nSPS) is 10.8. The molecule has 0 amide bonds. The van der Waals surface area contributed by atoms with E-state index in [9.17, 15) is 0 Å². The van der Waals surface area contributed by atoms with Crippen LogP contribution in [0.3, 0.4) is 0 Å². The standard InChI is InChI=1S/C8H8BrN3/c1-12-7-4-5(9)2-3-6(7)8(10)11-12/h2-4H,1H3,(H2,10,11). The van der Waals surface area contributed by atoms with Crippen LogP contribution < -0.4 is 5.73 Å². The van der Waals surface area contributed by atoms with Gasteiger partial charge in [0.1, 0.15) is 0 Å². The van der Waals surface area contributed by atoms with Crippen LogP contribution in [0.2, 0.25) is 0 Å². The lowest BCUT2D eigenvalue weighted by molar-refractivity contribution is 0.802. The molecule has 0 bridgehead atoms. The molecular formula is C8H8BrN3. The smallest absolute Gasteiger partial charge is 0.153 e. The third kappa shape index (κ3) is 0.992. The van der Waals surface area contributed by atoms with Crippen molar-refractivity contribution in [3.8, 4) is 0 Å². The number of nitrogens with zero attached hydrogens (tertiary/aromatic N) is 2. The van der Waals surface area contributed by atoms with Gasteiger partial charge in [0, 0.05) is 16.9 Å². The molecule has 1 aromatic heterocycles. The number of nitrogen functional groups attached to an aromatic ring is 1. The Hall–Kier alpha value is -1.03. The molecule has 2 rings (SSSR count). The number of rotatable bonds is 0. The van der Waals surface area contributed by atoms with Gasteiger partial charge in [-0.2, -0.15) is 5.10 Å². The van der Waals surface area contributed by atoms with Crippen LogP contribution in [0.5, 0.6) is 0 Å². The monoisotopic (exact) mass is 225 g/mol. The number of benzene rings is 1. The first-order valence-electron chi connectivity index (χ1n) is 3.56. The Balaban J connectivity index is 2.90.